The van der Waals surface area contributed by atoms with E-state index in [1.165, 1.54) is 9.75 Å². The van der Waals surface area contributed by atoms with Crippen molar-refractivity contribution in [3.63, 3.8) is 0 Å². The van der Waals surface area contributed by atoms with Gasteiger partial charge in [0.2, 0.25) is 5.91 Å². The summed E-state index contributed by atoms with van der Waals surface area (Å²) in [5, 5.41) is 2.95. The maximum atomic E-state index is 12.2. The first kappa shape index (κ1) is 14.7. The van der Waals surface area contributed by atoms with Gasteiger partial charge in [-0.05, 0) is 18.6 Å². The van der Waals surface area contributed by atoms with Crippen LogP contribution in [0, 0.1) is 0 Å². The van der Waals surface area contributed by atoms with Gasteiger partial charge in [-0.1, -0.05) is 6.92 Å². The summed E-state index contributed by atoms with van der Waals surface area (Å²) in [6, 6.07) is 4.27. The van der Waals surface area contributed by atoms with Crippen molar-refractivity contribution in [2.45, 2.75) is 19.8 Å². The number of aryl methyl sites for hydroxylation is 1. The van der Waals surface area contributed by atoms with Crippen LogP contribution in [0.4, 0.5) is 0 Å². The van der Waals surface area contributed by atoms with Gasteiger partial charge in [0, 0.05) is 23.3 Å². The number of thiophene rings is 1. The molecule has 1 aliphatic rings. The van der Waals surface area contributed by atoms with Crippen LogP contribution in [-0.4, -0.2) is 42.1 Å². The van der Waals surface area contributed by atoms with E-state index in [4.69, 9.17) is 4.74 Å². The number of nitrogens with zero attached hydrogens (tertiary/aromatic N) is 2. The quantitative estimate of drug-likeness (QED) is 0.869. The number of thiazole rings is 1. The fraction of sp³-hybridized carbons (Fsp3) is 0.467. The standard InChI is InChI=1S/C15H18N2O2S2/c1-2-11-3-4-13(21-11)12-10-20-14(16-12)9-15(18)17-5-7-19-8-6-17/h3-4,10H,2,5-9H2,1H3. The molecule has 0 bridgehead atoms. The lowest BCUT2D eigenvalue weighted by Crippen LogP contribution is -2.41. The van der Waals surface area contributed by atoms with Gasteiger partial charge < -0.3 is 9.64 Å². The van der Waals surface area contributed by atoms with Gasteiger partial charge in [0.15, 0.2) is 0 Å². The van der Waals surface area contributed by atoms with Gasteiger partial charge in [0.1, 0.15) is 5.01 Å². The van der Waals surface area contributed by atoms with Crippen molar-refractivity contribution in [1.29, 1.82) is 0 Å². The third-order valence-corrected chi connectivity index (χ3v) is 5.58. The minimum absolute atomic E-state index is 0.152. The van der Waals surface area contributed by atoms with Crippen LogP contribution in [0.2, 0.25) is 0 Å². The molecule has 0 unspecified atom stereocenters. The third kappa shape index (κ3) is 3.51. The van der Waals surface area contributed by atoms with E-state index in [2.05, 4.69) is 24.0 Å². The van der Waals surface area contributed by atoms with E-state index in [1.807, 2.05) is 10.3 Å². The molecule has 4 nitrogen and oxygen atoms in total. The van der Waals surface area contributed by atoms with Gasteiger partial charge in [0.25, 0.3) is 0 Å². The lowest BCUT2D eigenvalue weighted by Gasteiger charge is -2.26. The van der Waals surface area contributed by atoms with Gasteiger partial charge in [-0.2, -0.15) is 0 Å². The zero-order valence-electron chi connectivity index (χ0n) is 12.0. The summed E-state index contributed by atoms with van der Waals surface area (Å²) in [4.78, 5) is 21.2. The second-order valence-electron chi connectivity index (χ2n) is 4.92. The van der Waals surface area contributed by atoms with Crippen molar-refractivity contribution in [2.24, 2.45) is 0 Å². The third-order valence-electron chi connectivity index (χ3n) is 3.48. The summed E-state index contributed by atoms with van der Waals surface area (Å²) in [6.07, 6.45) is 1.45. The Morgan fingerprint density at radius 2 is 2.19 bits per heavy atom. The molecule has 0 spiro atoms. The van der Waals surface area contributed by atoms with Crippen molar-refractivity contribution in [3.8, 4) is 10.6 Å². The van der Waals surface area contributed by atoms with E-state index < -0.39 is 0 Å². The molecule has 21 heavy (non-hydrogen) atoms. The zero-order valence-corrected chi connectivity index (χ0v) is 13.6. The molecule has 2 aromatic rings. The molecule has 1 amide bonds. The first-order chi connectivity index (χ1) is 10.3. The normalized spacial score (nSPS) is 15.4. The summed E-state index contributed by atoms with van der Waals surface area (Å²) < 4.78 is 5.27. The van der Waals surface area contributed by atoms with Gasteiger partial charge in [-0.3, -0.25) is 4.79 Å². The minimum atomic E-state index is 0.152. The average molecular weight is 322 g/mol. The molecule has 1 fully saturated rings. The molecular weight excluding hydrogens is 304 g/mol. The minimum Gasteiger partial charge on any atom is -0.378 e. The average Bonchev–Trinajstić information content (AvgIpc) is 3.16. The first-order valence-electron chi connectivity index (χ1n) is 7.15. The highest BCUT2D eigenvalue weighted by atomic mass is 32.1. The van der Waals surface area contributed by atoms with E-state index in [1.54, 1.807) is 22.7 Å². The number of morpholine rings is 1. The van der Waals surface area contributed by atoms with Crippen LogP contribution >= 0.6 is 22.7 Å². The highest BCUT2D eigenvalue weighted by molar-refractivity contribution is 7.16. The number of carbonyl (C=O) groups excluding carboxylic acids is 1. The van der Waals surface area contributed by atoms with Crippen molar-refractivity contribution >= 4 is 28.6 Å². The highest BCUT2D eigenvalue weighted by Gasteiger charge is 2.18. The maximum absolute atomic E-state index is 12.2. The molecule has 3 heterocycles. The lowest BCUT2D eigenvalue weighted by molar-refractivity contribution is -0.134. The van der Waals surface area contributed by atoms with Crippen molar-refractivity contribution in [3.05, 3.63) is 27.4 Å². The Balaban J connectivity index is 1.65. The second kappa shape index (κ2) is 6.68. The van der Waals surface area contributed by atoms with Crippen LogP contribution in [0.25, 0.3) is 10.6 Å². The molecule has 0 radical (unpaired) electrons. The molecule has 1 saturated heterocycles. The Morgan fingerprint density at radius 3 is 2.90 bits per heavy atom. The summed E-state index contributed by atoms with van der Waals surface area (Å²) in [7, 11) is 0. The molecule has 0 aromatic carbocycles. The van der Waals surface area contributed by atoms with Crippen LogP contribution < -0.4 is 0 Å². The maximum Gasteiger partial charge on any atom is 0.229 e. The first-order valence-corrected chi connectivity index (χ1v) is 8.85. The van der Waals surface area contributed by atoms with Gasteiger partial charge in [-0.25, -0.2) is 4.98 Å². The molecular formula is C15H18N2O2S2. The van der Waals surface area contributed by atoms with E-state index in [9.17, 15) is 4.79 Å². The summed E-state index contributed by atoms with van der Waals surface area (Å²) in [5.74, 6) is 0.152. The van der Waals surface area contributed by atoms with E-state index in [-0.39, 0.29) is 5.91 Å². The van der Waals surface area contributed by atoms with Crippen LogP contribution in [0.5, 0.6) is 0 Å². The van der Waals surface area contributed by atoms with E-state index >= 15 is 0 Å². The fourth-order valence-corrected chi connectivity index (χ4v) is 4.03. The Labute approximate surface area is 132 Å². The summed E-state index contributed by atoms with van der Waals surface area (Å²) in [5.41, 5.74) is 0.995. The number of rotatable bonds is 4. The summed E-state index contributed by atoms with van der Waals surface area (Å²) in [6.45, 7) is 4.83. The molecule has 0 atom stereocenters. The molecule has 1 aliphatic heterocycles. The fourth-order valence-electron chi connectivity index (χ4n) is 2.26. The Bertz CT molecular complexity index is 615. The number of carbonyl (C=O) groups is 1. The molecule has 0 aliphatic carbocycles. The van der Waals surface area contributed by atoms with Crippen molar-refractivity contribution in [2.75, 3.05) is 26.3 Å². The second-order valence-corrected chi connectivity index (χ2v) is 7.03. The van der Waals surface area contributed by atoms with Crippen LogP contribution in [0.3, 0.4) is 0 Å². The van der Waals surface area contributed by atoms with E-state index in [0.717, 1.165) is 17.1 Å². The number of amides is 1. The smallest absolute Gasteiger partial charge is 0.229 e. The molecule has 6 heteroatoms. The largest absolute Gasteiger partial charge is 0.378 e. The Morgan fingerprint density at radius 1 is 1.38 bits per heavy atom. The van der Waals surface area contributed by atoms with Gasteiger partial charge in [-0.15, -0.1) is 22.7 Å². The monoisotopic (exact) mass is 322 g/mol. The van der Waals surface area contributed by atoms with Gasteiger partial charge >= 0.3 is 0 Å². The summed E-state index contributed by atoms with van der Waals surface area (Å²) >= 11 is 3.35. The zero-order chi connectivity index (χ0) is 14.7. The SMILES string of the molecule is CCc1ccc(-c2csc(CC(=O)N3CCOCC3)n2)s1. The van der Waals surface area contributed by atoms with Gasteiger partial charge in [0.05, 0.1) is 30.2 Å². The number of aromatic nitrogens is 1. The van der Waals surface area contributed by atoms with Crippen LogP contribution in [0.1, 0.15) is 16.8 Å². The van der Waals surface area contributed by atoms with Crippen LogP contribution in [0.15, 0.2) is 17.5 Å². The molecule has 0 saturated carbocycles. The molecule has 2 aromatic heterocycles. The Hall–Kier alpha value is -1.24. The predicted molar refractivity (Wildman–Crippen MR) is 85.9 cm³/mol. The molecule has 112 valence electrons. The highest BCUT2D eigenvalue weighted by Crippen LogP contribution is 2.29. The lowest BCUT2D eigenvalue weighted by atomic mass is 10.3. The Kier molecular flexibility index (Phi) is 4.67. The molecule has 0 N–H and O–H groups in total. The van der Waals surface area contributed by atoms with Crippen molar-refractivity contribution < 1.29 is 9.53 Å². The van der Waals surface area contributed by atoms with Crippen molar-refractivity contribution in [1.82, 2.24) is 9.88 Å². The molecule has 3 rings (SSSR count). The number of ether oxygens (including phenoxy) is 1. The predicted octanol–water partition coefficient (Wildman–Crippen LogP) is 2.84. The number of hydrogen-bond donors (Lipinski definition) is 0. The topological polar surface area (TPSA) is 42.4 Å². The van der Waals surface area contributed by atoms with E-state index in [0.29, 0.717) is 32.7 Å². The van der Waals surface area contributed by atoms with Crippen LogP contribution in [-0.2, 0) is 22.4 Å². The number of hydrogen-bond acceptors (Lipinski definition) is 5.